The minimum absolute atomic E-state index is 0.889. The Labute approximate surface area is 333 Å². The highest BCUT2D eigenvalue weighted by Gasteiger charge is 2.19. The number of nitrogens with zero attached hydrogens (tertiary/aromatic N) is 1. The first-order valence-corrected chi connectivity index (χ1v) is 19.6. The molecule has 0 amide bonds. The van der Waals surface area contributed by atoms with Crippen LogP contribution >= 0.6 is 0 Å². The van der Waals surface area contributed by atoms with Gasteiger partial charge >= 0.3 is 0 Å². The number of furan rings is 3. The van der Waals surface area contributed by atoms with Gasteiger partial charge in [-0.25, -0.2) is 0 Å². The average Bonchev–Trinajstić information content (AvgIpc) is 3.99. The molecule has 3 aromatic heterocycles. The molecule has 0 aliphatic heterocycles. The van der Waals surface area contributed by atoms with Crippen LogP contribution in [-0.2, 0) is 0 Å². The Kier molecular flexibility index (Phi) is 7.20. The van der Waals surface area contributed by atoms with Gasteiger partial charge in [-0.1, -0.05) is 146 Å². The predicted molar refractivity (Wildman–Crippen MR) is 239 cm³/mol. The summed E-state index contributed by atoms with van der Waals surface area (Å²) in [5.74, 6) is 0. The van der Waals surface area contributed by atoms with E-state index in [1.165, 1.54) is 0 Å². The lowest BCUT2D eigenvalue weighted by Crippen LogP contribution is -2.10. The van der Waals surface area contributed by atoms with Gasteiger partial charge in [-0.2, -0.15) is 0 Å². The molecule has 0 unspecified atom stereocenters. The summed E-state index contributed by atoms with van der Waals surface area (Å²) in [4.78, 5) is 2.32. The maximum absolute atomic E-state index is 6.49. The van der Waals surface area contributed by atoms with Gasteiger partial charge in [0.25, 0.3) is 0 Å². The van der Waals surface area contributed by atoms with Crippen LogP contribution in [-0.4, -0.2) is 0 Å². The van der Waals surface area contributed by atoms with Gasteiger partial charge in [-0.05, 0) is 71.3 Å². The third-order valence-corrected chi connectivity index (χ3v) is 11.5. The molecule has 4 heteroatoms. The second-order valence-corrected chi connectivity index (χ2v) is 14.8. The maximum atomic E-state index is 6.49. The largest absolute Gasteiger partial charge is 0.455 e. The fraction of sp³-hybridized carbons (Fsp3) is 0. The Morgan fingerprint density at radius 2 is 0.621 bits per heavy atom. The number of fused-ring (bicyclic) bond motifs is 9. The van der Waals surface area contributed by atoms with Crippen molar-refractivity contribution in [2.75, 3.05) is 4.90 Å². The number of hydrogen-bond acceptors (Lipinski definition) is 4. The van der Waals surface area contributed by atoms with Crippen LogP contribution < -0.4 is 4.90 Å². The zero-order chi connectivity index (χ0) is 38.2. The van der Waals surface area contributed by atoms with Gasteiger partial charge in [0.05, 0.1) is 0 Å². The molecule has 9 aromatic carbocycles. The summed E-state index contributed by atoms with van der Waals surface area (Å²) in [6.45, 7) is 0. The van der Waals surface area contributed by atoms with Gasteiger partial charge in [-0.15, -0.1) is 0 Å². The number of para-hydroxylation sites is 6. The lowest BCUT2D eigenvalue weighted by atomic mass is 10.00. The van der Waals surface area contributed by atoms with E-state index in [-0.39, 0.29) is 0 Å². The highest BCUT2D eigenvalue weighted by atomic mass is 16.3. The topological polar surface area (TPSA) is 42.7 Å². The number of rotatable bonds is 6. The second-order valence-electron chi connectivity index (χ2n) is 14.8. The normalized spacial score (nSPS) is 11.8. The first-order valence-electron chi connectivity index (χ1n) is 19.6. The molecule has 0 saturated carbocycles. The van der Waals surface area contributed by atoms with E-state index < -0.39 is 0 Å². The Morgan fingerprint density at radius 1 is 0.259 bits per heavy atom. The minimum atomic E-state index is 0.889. The van der Waals surface area contributed by atoms with Crippen molar-refractivity contribution in [3.8, 4) is 33.4 Å². The van der Waals surface area contributed by atoms with Crippen molar-refractivity contribution in [3.05, 3.63) is 200 Å². The molecule has 0 aliphatic rings. The standard InChI is InChI=1S/C54H33NO3/c1-4-22-49-43(13-1)46-19-8-16-40(52(46)56-49)34-25-29-37(30-26-34)55(38-31-27-35(28-32-38)41-17-9-20-47-44-14-2-5-23-50(44)57-53(41)47)39-12-7-11-36(33-39)42-18-10-21-48-45-15-3-6-24-51(45)58-54(42)48/h1-33H. The first kappa shape index (κ1) is 32.4. The molecule has 0 saturated heterocycles. The molecule has 4 nitrogen and oxygen atoms in total. The van der Waals surface area contributed by atoms with E-state index in [9.17, 15) is 0 Å². The molecule has 0 aliphatic carbocycles. The Morgan fingerprint density at radius 3 is 1.05 bits per heavy atom. The lowest BCUT2D eigenvalue weighted by molar-refractivity contribution is 0.669. The summed E-state index contributed by atoms with van der Waals surface area (Å²) in [5, 5.41) is 6.72. The van der Waals surface area contributed by atoms with Gasteiger partial charge in [0.1, 0.15) is 33.5 Å². The lowest BCUT2D eigenvalue weighted by Gasteiger charge is -2.26. The van der Waals surface area contributed by atoms with Crippen LogP contribution in [0.1, 0.15) is 0 Å². The third kappa shape index (κ3) is 5.09. The molecule has 12 aromatic rings. The van der Waals surface area contributed by atoms with E-state index in [1.54, 1.807) is 0 Å². The van der Waals surface area contributed by atoms with E-state index in [0.717, 1.165) is 116 Å². The summed E-state index contributed by atoms with van der Waals surface area (Å²) in [5.41, 5.74) is 14.9. The van der Waals surface area contributed by atoms with E-state index >= 15 is 0 Å². The second kappa shape index (κ2) is 12.9. The van der Waals surface area contributed by atoms with Gasteiger partial charge in [0.15, 0.2) is 0 Å². The summed E-state index contributed by atoms with van der Waals surface area (Å²) >= 11 is 0. The van der Waals surface area contributed by atoms with Crippen molar-refractivity contribution < 1.29 is 13.3 Å². The van der Waals surface area contributed by atoms with E-state index in [1.807, 2.05) is 36.4 Å². The Balaban J connectivity index is 0.988. The van der Waals surface area contributed by atoms with Crippen LogP contribution in [0.4, 0.5) is 17.1 Å². The number of anilines is 3. The fourth-order valence-corrected chi connectivity index (χ4v) is 8.76. The van der Waals surface area contributed by atoms with Gasteiger partial charge < -0.3 is 18.2 Å². The van der Waals surface area contributed by atoms with Crippen molar-refractivity contribution in [2.45, 2.75) is 0 Å². The van der Waals surface area contributed by atoms with Crippen molar-refractivity contribution in [2.24, 2.45) is 0 Å². The van der Waals surface area contributed by atoms with Crippen molar-refractivity contribution >= 4 is 82.9 Å². The van der Waals surface area contributed by atoms with Crippen LogP contribution in [0.25, 0.3) is 99.2 Å². The van der Waals surface area contributed by atoms with E-state index in [2.05, 4.69) is 169 Å². The fourth-order valence-electron chi connectivity index (χ4n) is 8.76. The third-order valence-electron chi connectivity index (χ3n) is 11.5. The zero-order valence-corrected chi connectivity index (χ0v) is 31.2. The molecular formula is C54H33NO3. The molecule has 58 heavy (non-hydrogen) atoms. The Hall–Kier alpha value is -7.82. The molecule has 0 spiro atoms. The van der Waals surface area contributed by atoms with E-state index in [0.29, 0.717) is 0 Å². The highest BCUT2D eigenvalue weighted by molar-refractivity contribution is 6.12. The van der Waals surface area contributed by atoms with Crippen molar-refractivity contribution in [3.63, 3.8) is 0 Å². The monoisotopic (exact) mass is 743 g/mol. The molecule has 0 fully saturated rings. The van der Waals surface area contributed by atoms with Crippen LogP contribution in [0.15, 0.2) is 213 Å². The molecule has 3 heterocycles. The molecular weight excluding hydrogens is 711 g/mol. The van der Waals surface area contributed by atoms with Crippen LogP contribution in [0, 0.1) is 0 Å². The van der Waals surface area contributed by atoms with Gasteiger partial charge in [-0.3, -0.25) is 0 Å². The summed E-state index contributed by atoms with van der Waals surface area (Å²) in [6.07, 6.45) is 0. The summed E-state index contributed by atoms with van der Waals surface area (Å²) in [6, 6.07) is 70.2. The number of benzene rings is 9. The molecule has 0 bridgehead atoms. The predicted octanol–water partition coefficient (Wildman–Crippen LogP) is 15.9. The molecule has 0 N–H and O–H groups in total. The molecule has 0 atom stereocenters. The van der Waals surface area contributed by atoms with Gasteiger partial charge in [0, 0.05) is 66.1 Å². The first-order chi connectivity index (χ1) is 28.7. The van der Waals surface area contributed by atoms with Crippen LogP contribution in [0.3, 0.4) is 0 Å². The Bertz CT molecular complexity index is 3360. The average molecular weight is 744 g/mol. The highest BCUT2D eigenvalue weighted by Crippen LogP contribution is 2.43. The smallest absolute Gasteiger partial charge is 0.143 e. The zero-order valence-electron chi connectivity index (χ0n) is 31.2. The molecule has 0 radical (unpaired) electrons. The molecule has 12 rings (SSSR count). The van der Waals surface area contributed by atoms with Gasteiger partial charge in [0.2, 0.25) is 0 Å². The summed E-state index contributed by atoms with van der Waals surface area (Å²) in [7, 11) is 0. The number of hydrogen-bond donors (Lipinski definition) is 0. The summed E-state index contributed by atoms with van der Waals surface area (Å²) < 4.78 is 19.3. The molecule has 272 valence electrons. The minimum Gasteiger partial charge on any atom is -0.455 e. The SMILES string of the molecule is c1cc(-c2cccc3c2oc2ccccc23)cc(N(c2ccc(-c3cccc4c3oc3ccccc34)cc2)c2ccc(-c3cccc4c3oc3ccccc34)cc2)c1. The van der Waals surface area contributed by atoms with Crippen LogP contribution in [0.5, 0.6) is 0 Å². The van der Waals surface area contributed by atoms with Crippen LogP contribution in [0.2, 0.25) is 0 Å². The van der Waals surface area contributed by atoms with Crippen molar-refractivity contribution in [1.29, 1.82) is 0 Å². The maximum Gasteiger partial charge on any atom is 0.143 e. The quantitative estimate of drug-likeness (QED) is 0.170. The van der Waals surface area contributed by atoms with Crippen molar-refractivity contribution in [1.82, 2.24) is 0 Å². The van der Waals surface area contributed by atoms with E-state index in [4.69, 9.17) is 13.3 Å².